The molecule has 8 rings (SSSR count). The van der Waals surface area contributed by atoms with Crippen molar-refractivity contribution >= 4 is 16.6 Å². The first-order valence-corrected chi connectivity index (χ1v) is 16.2. The summed E-state index contributed by atoms with van der Waals surface area (Å²) in [4.78, 5) is 5.11. The highest BCUT2D eigenvalue weighted by Gasteiger charge is 2.25. The fourth-order valence-electron chi connectivity index (χ4n) is 6.51. The molecule has 0 bridgehead atoms. The number of nitrogens with zero attached hydrogens (tertiary/aromatic N) is 2. The van der Waals surface area contributed by atoms with Gasteiger partial charge in [0.15, 0.2) is 0 Å². The maximum absolute atomic E-state index is 9.56. The van der Waals surface area contributed by atoms with Crippen LogP contribution in [0.3, 0.4) is 0 Å². The summed E-state index contributed by atoms with van der Waals surface area (Å²) in [6.45, 7) is 0. The minimum Gasteiger partial charge on any atom is -0.350 e. The molecule has 0 spiro atoms. The van der Waals surface area contributed by atoms with E-state index in [2.05, 4.69) is 138 Å². The molecule has 0 saturated carbocycles. The van der Waals surface area contributed by atoms with Crippen LogP contribution >= 0.6 is 0 Å². The third kappa shape index (κ3) is 5.76. The Hall–Kier alpha value is -6.28. The van der Waals surface area contributed by atoms with Crippen molar-refractivity contribution < 1.29 is 0 Å². The van der Waals surface area contributed by atoms with Gasteiger partial charge in [0.1, 0.15) is 18.2 Å². The minimum absolute atomic E-state index is 0.0739. The molecule has 0 fully saturated rings. The summed E-state index contributed by atoms with van der Waals surface area (Å²) in [5.41, 5.74) is 10.6. The van der Waals surface area contributed by atoms with E-state index < -0.39 is 0 Å². The summed E-state index contributed by atoms with van der Waals surface area (Å²) in [7, 11) is 0. The fraction of sp³-hybridized carbons (Fsp3) is 0.0455. The van der Waals surface area contributed by atoms with E-state index in [9.17, 15) is 5.26 Å². The third-order valence-corrected chi connectivity index (χ3v) is 9.04. The molecule has 228 valence electrons. The molecule has 1 aliphatic heterocycles. The molecule has 1 aliphatic rings. The Morgan fingerprint density at radius 3 is 1.90 bits per heavy atom. The van der Waals surface area contributed by atoms with Crippen LogP contribution in [-0.4, -0.2) is 5.84 Å². The second kappa shape index (κ2) is 12.8. The molecule has 48 heavy (non-hydrogen) atoms. The number of aliphatic imine (C=N–C) groups is 1. The molecule has 7 aromatic carbocycles. The van der Waals surface area contributed by atoms with Crippen LogP contribution < -0.4 is 10.6 Å². The predicted molar refractivity (Wildman–Crippen MR) is 196 cm³/mol. The van der Waals surface area contributed by atoms with Crippen molar-refractivity contribution in [3.05, 3.63) is 192 Å². The van der Waals surface area contributed by atoms with Gasteiger partial charge < -0.3 is 5.32 Å². The van der Waals surface area contributed by atoms with Crippen molar-refractivity contribution in [2.45, 2.75) is 12.3 Å². The normalized spacial score (nSPS) is 15.7. The molecular formula is C44H32N4. The van der Waals surface area contributed by atoms with Gasteiger partial charge in [-0.15, -0.1) is 0 Å². The molecule has 4 heteroatoms. The molecule has 2 atom stereocenters. The van der Waals surface area contributed by atoms with Gasteiger partial charge in [-0.3, -0.25) is 5.32 Å². The van der Waals surface area contributed by atoms with E-state index in [4.69, 9.17) is 4.99 Å². The smallest absolute Gasteiger partial charge is 0.131 e. The van der Waals surface area contributed by atoms with E-state index in [1.807, 2.05) is 48.5 Å². The first-order chi connectivity index (χ1) is 23.7. The van der Waals surface area contributed by atoms with Gasteiger partial charge in [-0.1, -0.05) is 158 Å². The molecule has 0 radical (unpaired) electrons. The topological polar surface area (TPSA) is 60.2 Å². The van der Waals surface area contributed by atoms with Crippen molar-refractivity contribution in [2.24, 2.45) is 4.99 Å². The number of hydrogen-bond acceptors (Lipinski definition) is 4. The first kappa shape index (κ1) is 29.1. The van der Waals surface area contributed by atoms with Crippen LogP contribution in [0.2, 0.25) is 0 Å². The van der Waals surface area contributed by atoms with E-state index in [1.54, 1.807) is 0 Å². The lowest BCUT2D eigenvalue weighted by Crippen LogP contribution is -2.44. The van der Waals surface area contributed by atoms with Crippen molar-refractivity contribution in [1.29, 1.82) is 5.26 Å². The molecule has 0 saturated heterocycles. The van der Waals surface area contributed by atoms with Crippen LogP contribution in [0.25, 0.3) is 44.2 Å². The van der Waals surface area contributed by atoms with Crippen molar-refractivity contribution in [1.82, 2.24) is 10.6 Å². The van der Waals surface area contributed by atoms with Gasteiger partial charge >= 0.3 is 0 Å². The summed E-state index contributed by atoms with van der Waals surface area (Å²) in [6.07, 6.45) is -0.279. The Balaban J connectivity index is 1.11. The highest BCUT2D eigenvalue weighted by Crippen LogP contribution is 2.35. The Morgan fingerprint density at radius 1 is 0.500 bits per heavy atom. The van der Waals surface area contributed by atoms with Crippen LogP contribution in [0.1, 0.15) is 34.6 Å². The minimum atomic E-state index is -0.206. The van der Waals surface area contributed by atoms with Crippen molar-refractivity contribution in [3.8, 4) is 39.4 Å². The van der Waals surface area contributed by atoms with Crippen LogP contribution in [-0.2, 0) is 0 Å². The van der Waals surface area contributed by atoms with E-state index in [-0.39, 0.29) is 12.3 Å². The van der Waals surface area contributed by atoms with Crippen LogP contribution in [0.5, 0.6) is 0 Å². The summed E-state index contributed by atoms with van der Waals surface area (Å²) in [6, 6.07) is 61.2. The summed E-state index contributed by atoms with van der Waals surface area (Å²) < 4.78 is 0. The highest BCUT2D eigenvalue weighted by atomic mass is 15.3. The van der Waals surface area contributed by atoms with Gasteiger partial charge in [0.05, 0.1) is 11.6 Å². The average Bonchev–Trinajstić information content (AvgIpc) is 3.18. The number of rotatable bonds is 6. The van der Waals surface area contributed by atoms with Gasteiger partial charge in [-0.2, -0.15) is 5.26 Å². The predicted octanol–water partition coefficient (Wildman–Crippen LogP) is 10.0. The van der Waals surface area contributed by atoms with E-state index >= 15 is 0 Å². The molecule has 2 N–H and O–H groups in total. The van der Waals surface area contributed by atoms with Gasteiger partial charge in [0, 0.05) is 5.56 Å². The number of nitrogens with one attached hydrogen (secondary N) is 2. The molecule has 0 aliphatic carbocycles. The lowest BCUT2D eigenvalue weighted by molar-refractivity contribution is 0.409. The van der Waals surface area contributed by atoms with E-state index in [0.29, 0.717) is 5.56 Å². The third-order valence-electron chi connectivity index (χ3n) is 9.04. The maximum atomic E-state index is 9.56. The first-order valence-electron chi connectivity index (χ1n) is 16.2. The van der Waals surface area contributed by atoms with Crippen LogP contribution in [0.4, 0.5) is 0 Å². The lowest BCUT2D eigenvalue weighted by Gasteiger charge is -2.32. The van der Waals surface area contributed by atoms with E-state index in [0.717, 1.165) is 50.3 Å². The number of amidine groups is 1. The van der Waals surface area contributed by atoms with Gasteiger partial charge in [-0.25, -0.2) is 4.99 Å². The summed E-state index contributed by atoms with van der Waals surface area (Å²) in [5, 5.41) is 19.3. The highest BCUT2D eigenvalue weighted by molar-refractivity contribution is 6.00. The van der Waals surface area contributed by atoms with Gasteiger partial charge in [0.2, 0.25) is 0 Å². The van der Waals surface area contributed by atoms with E-state index in [1.165, 1.54) is 16.3 Å². The number of hydrogen-bond donors (Lipinski definition) is 2. The van der Waals surface area contributed by atoms with Crippen LogP contribution in [0, 0.1) is 11.3 Å². The molecule has 1 heterocycles. The van der Waals surface area contributed by atoms with Gasteiger partial charge in [0.25, 0.3) is 0 Å². The van der Waals surface area contributed by atoms with Crippen molar-refractivity contribution in [3.63, 3.8) is 0 Å². The van der Waals surface area contributed by atoms with Gasteiger partial charge in [-0.05, 0) is 67.4 Å². The zero-order valence-corrected chi connectivity index (χ0v) is 26.2. The lowest BCUT2D eigenvalue weighted by atomic mass is 9.93. The Morgan fingerprint density at radius 2 is 1.12 bits per heavy atom. The molecule has 2 unspecified atom stereocenters. The zero-order valence-electron chi connectivity index (χ0n) is 26.2. The molecular weight excluding hydrogens is 585 g/mol. The number of benzene rings is 7. The molecule has 4 nitrogen and oxygen atoms in total. The molecule has 7 aromatic rings. The standard InChI is InChI=1S/C44H32N4/c45-29-38-14-7-8-16-39(38)32-20-18-30(19-21-32)37-27-24-31-15-9-17-40(41(31)28-37)33-22-25-36(26-23-33)44-47-42(34-10-3-1-4-11-34)46-43(48-44)35-12-5-2-6-13-35/h1-28,42,44,47H,(H,46,48). The zero-order chi connectivity index (χ0) is 32.3. The quantitative estimate of drug-likeness (QED) is 0.195. The second-order valence-corrected chi connectivity index (χ2v) is 12.0. The maximum Gasteiger partial charge on any atom is 0.131 e. The van der Waals surface area contributed by atoms with Crippen LogP contribution in [0.15, 0.2) is 175 Å². The van der Waals surface area contributed by atoms with Crippen molar-refractivity contribution in [2.75, 3.05) is 0 Å². The Kier molecular flexibility index (Phi) is 7.80. The average molecular weight is 617 g/mol. The molecule has 0 aromatic heterocycles. The summed E-state index contributed by atoms with van der Waals surface area (Å²) in [5.74, 6) is 0.876. The largest absolute Gasteiger partial charge is 0.350 e. The number of fused-ring (bicyclic) bond motifs is 1. The molecule has 0 amide bonds. The monoisotopic (exact) mass is 616 g/mol. The number of nitriles is 1. The Bertz CT molecular complexity index is 2280. The second-order valence-electron chi connectivity index (χ2n) is 12.0. The Labute approximate surface area is 280 Å². The fourth-order valence-corrected chi connectivity index (χ4v) is 6.51. The summed E-state index contributed by atoms with van der Waals surface area (Å²) >= 11 is 0. The SMILES string of the molecule is N#Cc1ccccc1-c1ccc(-c2ccc3cccc(-c4ccc(C5N=C(c6ccccc6)NC(c6ccccc6)N5)cc4)c3c2)cc1.